The third-order valence-corrected chi connectivity index (χ3v) is 8.65. The molecule has 0 rings (SSSR count). The number of rotatable bonds is 34. The number of ether oxygens (including phenoxy) is 3. The van der Waals surface area contributed by atoms with Crippen LogP contribution in [0.5, 0.6) is 0 Å². The fourth-order valence-electron chi connectivity index (χ4n) is 5.58. The second-order valence-electron chi connectivity index (χ2n) is 14.4. The summed E-state index contributed by atoms with van der Waals surface area (Å²) >= 11 is 0. The van der Waals surface area contributed by atoms with Crippen molar-refractivity contribution in [3.05, 3.63) is 24.3 Å². The van der Waals surface area contributed by atoms with E-state index in [4.69, 9.17) is 9.47 Å². The van der Waals surface area contributed by atoms with Crippen LogP contribution in [0.25, 0.3) is 0 Å². The lowest BCUT2D eigenvalue weighted by Crippen LogP contribution is -2.35. The molecule has 7 heteroatoms. The predicted octanol–water partition coefficient (Wildman–Crippen LogP) is 11.9. The molecular formula is C44H86NO6+. The van der Waals surface area contributed by atoms with Gasteiger partial charge in [0.15, 0.2) is 0 Å². The van der Waals surface area contributed by atoms with Crippen molar-refractivity contribution in [2.24, 2.45) is 0 Å². The van der Waals surface area contributed by atoms with Crippen LogP contribution in [-0.2, 0) is 28.6 Å². The molecule has 0 aliphatic heterocycles. The molecule has 0 N–H and O–H groups in total. The maximum atomic E-state index is 11.3. The van der Waals surface area contributed by atoms with Crippen LogP contribution in [-0.4, -0.2) is 77.3 Å². The van der Waals surface area contributed by atoms with Crippen molar-refractivity contribution < 1.29 is 33.1 Å². The lowest BCUT2D eigenvalue weighted by atomic mass is 10.0. The van der Waals surface area contributed by atoms with Gasteiger partial charge in [0.25, 0.3) is 0 Å². The van der Waals surface area contributed by atoms with Crippen LogP contribution in [0, 0.1) is 0 Å². The first kappa shape index (κ1) is 53.4. The largest absolute Gasteiger partial charge is 0.469 e. The third-order valence-electron chi connectivity index (χ3n) is 8.65. The number of nitrogens with zero attached hydrogens (tertiary/aromatic N) is 1. The minimum Gasteiger partial charge on any atom is -0.469 e. The van der Waals surface area contributed by atoms with Gasteiger partial charge in [-0.25, -0.2) is 0 Å². The zero-order valence-electron chi connectivity index (χ0n) is 35.2. The number of carbonyl (C=O) groups is 3. The molecular weight excluding hydrogens is 638 g/mol. The van der Waals surface area contributed by atoms with Crippen molar-refractivity contribution in [2.45, 2.75) is 194 Å². The van der Waals surface area contributed by atoms with Crippen LogP contribution in [0.1, 0.15) is 188 Å². The summed E-state index contributed by atoms with van der Waals surface area (Å²) < 4.78 is 16.3. The first-order valence-electron chi connectivity index (χ1n) is 21.0. The van der Waals surface area contributed by atoms with Crippen molar-refractivity contribution >= 4 is 18.2 Å². The quantitative estimate of drug-likeness (QED) is 0.0216. The van der Waals surface area contributed by atoms with E-state index in [1.165, 1.54) is 110 Å². The topological polar surface area (TPSA) is 78.9 Å². The van der Waals surface area contributed by atoms with Crippen LogP contribution in [0.3, 0.4) is 0 Å². The van der Waals surface area contributed by atoms with Crippen molar-refractivity contribution in [1.29, 1.82) is 0 Å². The van der Waals surface area contributed by atoms with Crippen LogP contribution in [0.4, 0.5) is 0 Å². The van der Waals surface area contributed by atoms with Crippen LogP contribution < -0.4 is 0 Å². The van der Waals surface area contributed by atoms with Gasteiger partial charge in [-0.15, -0.1) is 0 Å². The van der Waals surface area contributed by atoms with Gasteiger partial charge in [0, 0.05) is 32.8 Å². The van der Waals surface area contributed by atoms with E-state index in [1.807, 2.05) is 27.9 Å². The molecule has 0 aliphatic rings. The number of allylic oxidation sites excluding steroid dienone is 4. The smallest absolute Gasteiger partial charge is 0.305 e. The van der Waals surface area contributed by atoms with Crippen LogP contribution >= 0.6 is 0 Å². The zero-order chi connectivity index (χ0) is 38.7. The van der Waals surface area contributed by atoms with E-state index in [0.717, 1.165) is 62.3 Å². The van der Waals surface area contributed by atoms with Crippen molar-refractivity contribution in [3.63, 3.8) is 0 Å². The monoisotopic (exact) mass is 725 g/mol. The average Bonchev–Trinajstić information content (AvgIpc) is 3.11. The standard InChI is InChI=1S/C35H64O5.C7H16NO.C2H6/c1-4-40-35(37)32-28-24-20-16-12-8-6-10-14-18-22-26-30-33(38-2)29-25-21-17-13-9-5-7-11-15-19-23-27-31-34(36)39-3;1-8(2,3)6-4-5-7-9;1-2/h11-12,15-16,33H,4-10,13-14,17-32H2,1-3H3;7H,4-6H2,1-3H3;1-2H3/q;+1;/b15-11-,16-12-;;. The van der Waals surface area contributed by atoms with Crippen LogP contribution in [0.15, 0.2) is 24.3 Å². The van der Waals surface area contributed by atoms with Gasteiger partial charge in [0.1, 0.15) is 6.29 Å². The summed E-state index contributed by atoms with van der Waals surface area (Å²) in [6.07, 6.45) is 40.2. The van der Waals surface area contributed by atoms with Gasteiger partial charge >= 0.3 is 11.9 Å². The first-order valence-corrected chi connectivity index (χ1v) is 21.0. The SMILES string of the molecule is CC.CCOC(=O)CCCC/C=C\CCCCCCCCC(CCCCCCCC/C=C\CCCCC(=O)OC)OC.C[N+](C)(C)CCCC=O. The molecule has 1 atom stereocenters. The Morgan fingerprint density at radius 3 is 1.31 bits per heavy atom. The highest BCUT2D eigenvalue weighted by Crippen LogP contribution is 2.17. The third kappa shape index (κ3) is 50.2. The minimum atomic E-state index is -0.0995. The van der Waals surface area contributed by atoms with E-state index in [2.05, 4.69) is 50.2 Å². The molecule has 0 bridgehead atoms. The highest BCUT2D eigenvalue weighted by atomic mass is 16.5. The molecule has 0 saturated heterocycles. The van der Waals surface area contributed by atoms with Gasteiger partial charge in [-0.2, -0.15) is 0 Å². The van der Waals surface area contributed by atoms with E-state index in [0.29, 0.717) is 32.0 Å². The molecule has 0 aromatic carbocycles. The lowest BCUT2D eigenvalue weighted by Gasteiger charge is -2.22. The van der Waals surface area contributed by atoms with E-state index in [-0.39, 0.29) is 11.9 Å². The summed E-state index contributed by atoms with van der Waals surface area (Å²) in [6, 6.07) is 0. The number of hydrogen-bond donors (Lipinski definition) is 0. The molecule has 51 heavy (non-hydrogen) atoms. The van der Waals surface area contributed by atoms with Gasteiger partial charge in [0.2, 0.25) is 0 Å². The minimum absolute atomic E-state index is 0.0649. The number of carbonyl (C=O) groups excluding carboxylic acids is 3. The Balaban J connectivity index is -0.00000180. The molecule has 0 aliphatic carbocycles. The first-order chi connectivity index (χ1) is 24.7. The summed E-state index contributed by atoms with van der Waals surface area (Å²) in [5.41, 5.74) is 0. The molecule has 7 nitrogen and oxygen atoms in total. The fraction of sp³-hybridized carbons (Fsp3) is 0.841. The molecule has 0 spiro atoms. The second-order valence-corrected chi connectivity index (χ2v) is 14.4. The highest BCUT2D eigenvalue weighted by molar-refractivity contribution is 5.69. The molecule has 0 aromatic heterocycles. The molecule has 0 saturated carbocycles. The maximum absolute atomic E-state index is 11.3. The summed E-state index contributed by atoms with van der Waals surface area (Å²) in [5.74, 6) is -0.164. The Bertz CT molecular complexity index is 789. The highest BCUT2D eigenvalue weighted by Gasteiger charge is 2.07. The second kappa shape index (κ2) is 44.2. The predicted molar refractivity (Wildman–Crippen MR) is 218 cm³/mol. The Hall–Kier alpha value is -1.99. The van der Waals surface area contributed by atoms with Gasteiger partial charge in [-0.05, 0) is 84.0 Å². The number of methoxy groups -OCH3 is 2. The van der Waals surface area contributed by atoms with Gasteiger partial charge in [0.05, 0.1) is 47.5 Å². The maximum Gasteiger partial charge on any atom is 0.305 e. The molecule has 0 radical (unpaired) electrons. The average molecular weight is 725 g/mol. The number of unbranched alkanes of at least 4 members (excludes halogenated alkanes) is 17. The zero-order valence-corrected chi connectivity index (χ0v) is 35.2. The fourth-order valence-corrected chi connectivity index (χ4v) is 5.58. The van der Waals surface area contributed by atoms with E-state index >= 15 is 0 Å². The molecule has 302 valence electrons. The molecule has 0 fully saturated rings. The van der Waals surface area contributed by atoms with Crippen molar-refractivity contribution in [1.82, 2.24) is 0 Å². The molecule has 0 aromatic rings. The van der Waals surface area contributed by atoms with Crippen molar-refractivity contribution in [2.75, 3.05) is 48.5 Å². The number of esters is 2. The van der Waals surface area contributed by atoms with E-state index < -0.39 is 0 Å². The molecule has 1 unspecified atom stereocenters. The summed E-state index contributed by atoms with van der Waals surface area (Å²) in [6.45, 7) is 7.42. The normalized spacial score (nSPS) is 11.8. The number of quaternary nitrogens is 1. The van der Waals surface area contributed by atoms with Gasteiger partial charge < -0.3 is 23.5 Å². The van der Waals surface area contributed by atoms with Gasteiger partial charge in [-0.3, -0.25) is 9.59 Å². The molecule has 0 heterocycles. The number of hydrogen-bond acceptors (Lipinski definition) is 6. The summed E-state index contributed by atoms with van der Waals surface area (Å²) in [4.78, 5) is 32.2. The van der Waals surface area contributed by atoms with Gasteiger partial charge in [-0.1, -0.05) is 102 Å². The Morgan fingerprint density at radius 1 is 0.549 bits per heavy atom. The van der Waals surface area contributed by atoms with Crippen molar-refractivity contribution in [3.8, 4) is 0 Å². The van der Waals surface area contributed by atoms with E-state index in [9.17, 15) is 14.4 Å². The lowest BCUT2D eigenvalue weighted by molar-refractivity contribution is -0.870. The Labute approximate surface area is 317 Å². The number of aldehydes is 1. The Morgan fingerprint density at radius 2 is 0.941 bits per heavy atom. The summed E-state index contributed by atoms with van der Waals surface area (Å²) in [7, 11) is 9.72. The Kier molecular flexibility index (Phi) is 46.2. The molecule has 0 amide bonds. The van der Waals surface area contributed by atoms with Crippen LogP contribution in [0.2, 0.25) is 0 Å². The summed E-state index contributed by atoms with van der Waals surface area (Å²) in [5, 5.41) is 0. The van der Waals surface area contributed by atoms with E-state index in [1.54, 1.807) is 0 Å².